The Bertz CT molecular complexity index is 401. The Balaban J connectivity index is 0.00000144. The number of nitrogens with zero attached hydrogens (tertiary/aromatic N) is 2. The minimum Gasteiger partial charge on any atom is -0.334 e. The van der Waals surface area contributed by atoms with Crippen LogP contribution in [0.1, 0.15) is 23.0 Å². The number of carbonyl (C=O) groups excluding carboxylic acids is 1. The highest BCUT2D eigenvalue weighted by atomic mass is 35.5. The second-order valence-corrected chi connectivity index (χ2v) is 4.28. The van der Waals surface area contributed by atoms with Gasteiger partial charge in [0, 0.05) is 31.9 Å². The molecule has 0 spiro atoms. The number of aryl methyl sites for hydroxylation is 1. The van der Waals surface area contributed by atoms with Crippen LogP contribution in [-0.2, 0) is 0 Å². The zero-order valence-electron chi connectivity index (χ0n) is 10.5. The van der Waals surface area contributed by atoms with Crippen molar-refractivity contribution in [3.8, 4) is 0 Å². The molecular weight excluding hydrogens is 273 g/mol. The van der Waals surface area contributed by atoms with Crippen molar-refractivity contribution in [1.29, 1.82) is 0 Å². The maximum Gasteiger partial charge on any atom is 0.272 e. The van der Waals surface area contributed by atoms with E-state index in [0.717, 1.165) is 25.2 Å². The van der Waals surface area contributed by atoms with E-state index >= 15 is 0 Å². The lowest BCUT2D eigenvalue weighted by Gasteiger charge is -2.31. The van der Waals surface area contributed by atoms with Crippen LogP contribution in [0.4, 0.5) is 0 Å². The fraction of sp³-hybridized carbons (Fsp3) is 0.500. The molecule has 0 bridgehead atoms. The smallest absolute Gasteiger partial charge is 0.272 e. The fourth-order valence-electron chi connectivity index (χ4n) is 1.98. The largest absolute Gasteiger partial charge is 0.334 e. The van der Waals surface area contributed by atoms with Crippen molar-refractivity contribution in [2.45, 2.75) is 19.9 Å². The van der Waals surface area contributed by atoms with E-state index in [2.05, 4.69) is 17.2 Å². The number of carbonyl (C=O) groups is 1. The van der Waals surface area contributed by atoms with Crippen molar-refractivity contribution in [2.24, 2.45) is 0 Å². The third-order valence-electron chi connectivity index (χ3n) is 2.87. The van der Waals surface area contributed by atoms with Crippen LogP contribution in [0.2, 0.25) is 0 Å². The average molecular weight is 292 g/mol. The van der Waals surface area contributed by atoms with Crippen LogP contribution >= 0.6 is 24.8 Å². The Kier molecular flexibility index (Phi) is 7.21. The Morgan fingerprint density at radius 2 is 2.22 bits per heavy atom. The van der Waals surface area contributed by atoms with Crippen LogP contribution in [-0.4, -0.2) is 41.5 Å². The van der Waals surface area contributed by atoms with Gasteiger partial charge in [0.05, 0.1) is 0 Å². The van der Waals surface area contributed by atoms with Gasteiger partial charge in [0.2, 0.25) is 0 Å². The molecule has 18 heavy (non-hydrogen) atoms. The predicted octanol–water partition coefficient (Wildman–Crippen LogP) is 1.67. The number of halogens is 2. The molecule has 102 valence electrons. The minimum atomic E-state index is 0. The molecule has 2 heterocycles. The first kappa shape index (κ1) is 17.2. The highest BCUT2D eigenvalue weighted by Gasteiger charge is 2.23. The Labute approximate surface area is 120 Å². The SMILES string of the molecule is Cc1cccnc1C(=O)N1CCN[C@H](C)C1.Cl.Cl. The van der Waals surface area contributed by atoms with Crippen LogP contribution in [0.3, 0.4) is 0 Å². The van der Waals surface area contributed by atoms with Gasteiger partial charge in [0.1, 0.15) is 5.69 Å². The van der Waals surface area contributed by atoms with Crippen molar-refractivity contribution in [3.05, 3.63) is 29.6 Å². The van der Waals surface area contributed by atoms with Gasteiger partial charge in [0.15, 0.2) is 0 Å². The molecule has 1 aromatic heterocycles. The number of aromatic nitrogens is 1. The number of piperazine rings is 1. The molecule has 1 aromatic rings. The third kappa shape index (κ3) is 3.83. The molecule has 0 unspecified atom stereocenters. The molecule has 0 aliphatic carbocycles. The van der Waals surface area contributed by atoms with Gasteiger partial charge >= 0.3 is 0 Å². The Morgan fingerprint density at radius 1 is 1.50 bits per heavy atom. The molecule has 1 aliphatic rings. The summed E-state index contributed by atoms with van der Waals surface area (Å²) in [4.78, 5) is 18.2. The van der Waals surface area contributed by atoms with E-state index in [1.165, 1.54) is 0 Å². The number of nitrogens with one attached hydrogen (secondary N) is 1. The van der Waals surface area contributed by atoms with Gasteiger partial charge in [-0.05, 0) is 25.5 Å². The Morgan fingerprint density at radius 3 is 2.83 bits per heavy atom. The molecule has 1 amide bonds. The van der Waals surface area contributed by atoms with Gasteiger partial charge in [-0.15, -0.1) is 24.8 Å². The molecule has 6 heteroatoms. The number of pyridine rings is 1. The Hall–Kier alpha value is -0.840. The average Bonchev–Trinajstić information content (AvgIpc) is 2.29. The normalized spacial score (nSPS) is 18.6. The van der Waals surface area contributed by atoms with Gasteiger partial charge in [-0.25, -0.2) is 0 Å². The molecule has 1 aliphatic heterocycles. The van der Waals surface area contributed by atoms with E-state index in [1.807, 2.05) is 24.0 Å². The van der Waals surface area contributed by atoms with E-state index in [4.69, 9.17) is 0 Å². The number of hydrogen-bond donors (Lipinski definition) is 1. The lowest BCUT2D eigenvalue weighted by Crippen LogP contribution is -2.51. The lowest BCUT2D eigenvalue weighted by molar-refractivity contribution is 0.0702. The standard InChI is InChI=1S/C12H17N3O.2ClH/c1-9-4-3-5-14-11(9)12(16)15-7-6-13-10(2)8-15;;/h3-5,10,13H,6-8H2,1-2H3;2*1H/t10-;;/m1../s1. The predicted molar refractivity (Wildman–Crippen MR) is 76.8 cm³/mol. The summed E-state index contributed by atoms with van der Waals surface area (Å²) in [5.74, 6) is 0.0476. The molecule has 1 saturated heterocycles. The van der Waals surface area contributed by atoms with Crippen molar-refractivity contribution in [3.63, 3.8) is 0 Å². The first-order valence-electron chi connectivity index (χ1n) is 5.63. The summed E-state index contributed by atoms with van der Waals surface area (Å²) >= 11 is 0. The molecule has 1 N–H and O–H groups in total. The van der Waals surface area contributed by atoms with Gasteiger partial charge < -0.3 is 10.2 Å². The highest BCUT2D eigenvalue weighted by molar-refractivity contribution is 5.93. The van der Waals surface area contributed by atoms with Crippen LogP contribution in [0, 0.1) is 6.92 Å². The first-order valence-corrected chi connectivity index (χ1v) is 5.63. The molecule has 0 saturated carbocycles. The molecule has 0 aromatic carbocycles. The highest BCUT2D eigenvalue weighted by Crippen LogP contribution is 2.09. The van der Waals surface area contributed by atoms with Crippen molar-refractivity contribution >= 4 is 30.7 Å². The van der Waals surface area contributed by atoms with Gasteiger partial charge in [-0.2, -0.15) is 0 Å². The second-order valence-electron chi connectivity index (χ2n) is 4.28. The summed E-state index contributed by atoms with van der Waals surface area (Å²) < 4.78 is 0. The summed E-state index contributed by atoms with van der Waals surface area (Å²) in [5, 5.41) is 3.32. The first-order chi connectivity index (χ1) is 7.68. The topological polar surface area (TPSA) is 45.2 Å². The van der Waals surface area contributed by atoms with E-state index < -0.39 is 0 Å². The van der Waals surface area contributed by atoms with Crippen molar-refractivity contribution in [1.82, 2.24) is 15.2 Å². The maximum absolute atomic E-state index is 12.2. The zero-order valence-corrected chi connectivity index (χ0v) is 12.2. The summed E-state index contributed by atoms with van der Waals surface area (Å²) in [6.07, 6.45) is 1.67. The fourth-order valence-corrected chi connectivity index (χ4v) is 1.98. The number of rotatable bonds is 1. The molecule has 2 rings (SSSR count). The lowest BCUT2D eigenvalue weighted by atomic mass is 10.1. The molecule has 1 atom stereocenters. The zero-order chi connectivity index (χ0) is 11.5. The molecule has 0 radical (unpaired) electrons. The molecule has 1 fully saturated rings. The molecular formula is C12H19Cl2N3O. The van der Waals surface area contributed by atoms with Crippen molar-refractivity contribution in [2.75, 3.05) is 19.6 Å². The monoisotopic (exact) mass is 291 g/mol. The molecule has 4 nitrogen and oxygen atoms in total. The van der Waals surface area contributed by atoms with Gasteiger partial charge in [-0.1, -0.05) is 6.07 Å². The third-order valence-corrected chi connectivity index (χ3v) is 2.87. The number of hydrogen-bond acceptors (Lipinski definition) is 3. The summed E-state index contributed by atoms with van der Waals surface area (Å²) in [6, 6.07) is 4.14. The summed E-state index contributed by atoms with van der Waals surface area (Å²) in [6.45, 7) is 6.39. The second kappa shape index (κ2) is 7.56. The quantitative estimate of drug-likeness (QED) is 0.856. The number of amides is 1. The van der Waals surface area contributed by atoms with E-state index in [0.29, 0.717) is 11.7 Å². The maximum atomic E-state index is 12.2. The van der Waals surface area contributed by atoms with Crippen LogP contribution < -0.4 is 5.32 Å². The minimum absolute atomic E-state index is 0. The van der Waals surface area contributed by atoms with E-state index in [1.54, 1.807) is 6.20 Å². The van der Waals surface area contributed by atoms with Crippen LogP contribution in [0.5, 0.6) is 0 Å². The summed E-state index contributed by atoms with van der Waals surface area (Å²) in [5.41, 5.74) is 1.52. The van der Waals surface area contributed by atoms with Crippen molar-refractivity contribution < 1.29 is 4.79 Å². The summed E-state index contributed by atoms with van der Waals surface area (Å²) in [7, 11) is 0. The van der Waals surface area contributed by atoms with E-state index in [9.17, 15) is 4.79 Å². The van der Waals surface area contributed by atoms with Gasteiger partial charge in [-0.3, -0.25) is 9.78 Å². The van der Waals surface area contributed by atoms with Crippen LogP contribution in [0.15, 0.2) is 18.3 Å². The van der Waals surface area contributed by atoms with E-state index in [-0.39, 0.29) is 30.7 Å². The van der Waals surface area contributed by atoms with Crippen LogP contribution in [0.25, 0.3) is 0 Å². The van der Waals surface area contributed by atoms with Gasteiger partial charge in [0.25, 0.3) is 5.91 Å².